The van der Waals surface area contributed by atoms with Crippen molar-refractivity contribution in [1.29, 1.82) is 0 Å². The molecule has 0 spiro atoms. The van der Waals surface area contributed by atoms with E-state index in [1.807, 2.05) is 11.9 Å². The maximum Gasteiger partial charge on any atom is 0.257 e. The Bertz CT molecular complexity index is 843. The predicted octanol–water partition coefficient (Wildman–Crippen LogP) is -1.17. The fraction of sp³-hybridized carbons (Fsp3) is 0.500. The number of ether oxygens (including phenoxy) is 1. The number of hydrogen-bond donors (Lipinski definition) is 3. The van der Waals surface area contributed by atoms with E-state index in [9.17, 15) is 19.2 Å². The van der Waals surface area contributed by atoms with Gasteiger partial charge in [0.2, 0.25) is 11.8 Å². The zero-order valence-electron chi connectivity index (χ0n) is 17.0. The van der Waals surface area contributed by atoms with Crippen molar-refractivity contribution in [1.82, 2.24) is 20.4 Å². The maximum absolute atomic E-state index is 12.7. The van der Waals surface area contributed by atoms with Crippen molar-refractivity contribution in [2.24, 2.45) is 5.73 Å². The molecule has 1 fully saturated rings. The molecule has 1 atom stereocenters. The van der Waals surface area contributed by atoms with Gasteiger partial charge in [-0.2, -0.15) is 0 Å². The van der Waals surface area contributed by atoms with Gasteiger partial charge in [0.15, 0.2) is 6.61 Å². The van der Waals surface area contributed by atoms with E-state index < -0.39 is 11.9 Å². The molecule has 3 rings (SSSR count). The number of benzene rings is 1. The second-order valence-corrected chi connectivity index (χ2v) is 7.45. The second kappa shape index (κ2) is 9.68. The lowest BCUT2D eigenvalue weighted by Gasteiger charge is -2.29. The SMILES string of the molecule is CN(CCN)CCNC(=O)COc1ccc2c(c1)CN(C1CCC(=O)NC1=O)C2=O. The van der Waals surface area contributed by atoms with Gasteiger partial charge in [0.05, 0.1) is 0 Å². The maximum atomic E-state index is 12.7. The van der Waals surface area contributed by atoms with Crippen LogP contribution in [0, 0.1) is 0 Å². The highest BCUT2D eigenvalue weighted by Crippen LogP contribution is 2.30. The highest BCUT2D eigenvalue weighted by Gasteiger charge is 2.39. The standard InChI is InChI=1S/C20H27N5O5/c1-24(8-6-21)9-7-22-18(27)12-30-14-2-3-15-13(10-14)11-25(20(15)29)16-4-5-17(26)23-19(16)28/h2-3,10,16H,4-9,11-12,21H2,1H3,(H,22,27)(H,23,26,28). The summed E-state index contributed by atoms with van der Waals surface area (Å²) in [5.41, 5.74) is 6.70. The van der Waals surface area contributed by atoms with Crippen LogP contribution >= 0.6 is 0 Å². The van der Waals surface area contributed by atoms with Crippen molar-refractivity contribution in [2.75, 3.05) is 39.8 Å². The summed E-state index contributed by atoms with van der Waals surface area (Å²) in [7, 11) is 1.93. The molecule has 4 amide bonds. The largest absolute Gasteiger partial charge is 0.484 e. The topological polar surface area (TPSA) is 134 Å². The average molecular weight is 417 g/mol. The number of hydrogen-bond acceptors (Lipinski definition) is 7. The molecular formula is C20H27N5O5. The molecule has 2 aliphatic heterocycles. The molecule has 10 nitrogen and oxygen atoms in total. The third-order valence-electron chi connectivity index (χ3n) is 5.19. The van der Waals surface area contributed by atoms with E-state index in [2.05, 4.69) is 10.6 Å². The Kier molecular flexibility index (Phi) is 7.01. The first-order valence-corrected chi connectivity index (χ1v) is 9.94. The number of nitrogens with one attached hydrogen (secondary N) is 2. The molecule has 10 heteroatoms. The average Bonchev–Trinajstić information content (AvgIpc) is 3.02. The van der Waals surface area contributed by atoms with E-state index in [0.717, 1.165) is 12.1 Å². The fourth-order valence-electron chi connectivity index (χ4n) is 3.56. The normalized spacial score (nSPS) is 18.4. The van der Waals surface area contributed by atoms with Crippen LogP contribution in [0.1, 0.15) is 28.8 Å². The van der Waals surface area contributed by atoms with E-state index in [4.69, 9.17) is 10.5 Å². The number of amides is 4. The number of carbonyl (C=O) groups is 4. The van der Waals surface area contributed by atoms with Gasteiger partial charge in [-0.1, -0.05) is 0 Å². The molecule has 1 aromatic carbocycles. The molecule has 30 heavy (non-hydrogen) atoms. The van der Waals surface area contributed by atoms with E-state index in [1.165, 1.54) is 4.90 Å². The van der Waals surface area contributed by atoms with Gasteiger partial charge in [-0.3, -0.25) is 24.5 Å². The summed E-state index contributed by atoms with van der Waals surface area (Å²) in [6, 6.07) is 4.32. The van der Waals surface area contributed by atoms with Crippen LogP contribution in [0.3, 0.4) is 0 Å². The van der Waals surface area contributed by atoms with Crippen LogP contribution < -0.4 is 21.1 Å². The number of carbonyl (C=O) groups excluding carboxylic acids is 4. The Morgan fingerprint density at radius 1 is 1.33 bits per heavy atom. The van der Waals surface area contributed by atoms with Crippen LogP contribution in [0.15, 0.2) is 18.2 Å². The number of rotatable bonds is 9. The van der Waals surface area contributed by atoms with Gasteiger partial charge in [-0.05, 0) is 37.2 Å². The van der Waals surface area contributed by atoms with Gasteiger partial charge in [0, 0.05) is 44.7 Å². The lowest BCUT2D eigenvalue weighted by Crippen LogP contribution is -2.52. The van der Waals surface area contributed by atoms with Crippen molar-refractivity contribution in [3.63, 3.8) is 0 Å². The Hall–Kier alpha value is -2.98. The molecule has 0 aliphatic carbocycles. The zero-order valence-corrected chi connectivity index (χ0v) is 17.0. The van der Waals surface area contributed by atoms with E-state index >= 15 is 0 Å². The van der Waals surface area contributed by atoms with Crippen molar-refractivity contribution in [2.45, 2.75) is 25.4 Å². The Morgan fingerprint density at radius 3 is 2.87 bits per heavy atom. The van der Waals surface area contributed by atoms with Gasteiger partial charge in [0.1, 0.15) is 11.8 Å². The number of likely N-dealkylation sites (N-methyl/N-ethyl adjacent to an activating group) is 1. The first-order chi connectivity index (χ1) is 14.4. The van der Waals surface area contributed by atoms with Crippen LogP contribution in [0.4, 0.5) is 0 Å². The minimum Gasteiger partial charge on any atom is -0.484 e. The first kappa shape index (κ1) is 21.7. The smallest absolute Gasteiger partial charge is 0.257 e. The Balaban J connectivity index is 1.52. The third kappa shape index (κ3) is 5.14. The molecule has 1 unspecified atom stereocenters. The highest BCUT2D eigenvalue weighted by molar-refractivity contribution is 6.05. The van der Waals surface area contributed by atoms with E-state index in [1.54, 1.807) is 18.2 Å². The number of piperidine rings is 1. The molecule has 1 saturated heterocycles. The number of nitrogens with two attached hydrogens (primary N) is 1. The van der Waals surface area contributed by atoms with Crippen molar-refractivity contribution < 1.29 is 23.9 Å². The predicted molar refractivity (Wildman–Crippen MR) is 108 cm³/mol. The molecule has 0 radical (unpaired) electrons. The van der Waals surface area contributed by atoms with Gasteiger partial charge in [0.25, 0.3) is 11.8 Å². The fourth-order valence-corrected chi connectivity index (χ4v) is 3.56. The minimum atomic E-state index is -0.657. The summed E-state index contributed by atoms with van der Waals surface area (Å²) in [6.07, 6.45) is 0.524. The number of fused-ring (bicyclic) bond motifs is 1. The van der Waals surface area contributed by atoms with Gasteiger partial charge in [-0.25, -0.2) is 0 Å². The molecule has 2 heterocycles. The quantitative estimate of drug-likeness (QED) is 0.431. The summed E-state index contributed by atoms with van der Waals surface area (Å²) < 4.78 is 5.55. The highest BCUT2D eigenvalue weighted by atomic mass is 16.5. The summed E-state index contributed by atoms with van der Waals surface area (Å²) >= 11 is 0. The number of nitrogens with zero attached hydrogens (tertiary/aromatic N) is 2. The van der Waals surface area contributed by atoms with Crippen molar-refractivity contribution in [3.05, 3.63) is 29.3 Å². The second-order valence-electron chi connectivity index (χ2n) is 7.45. The van der Waals surface area contributed by atoms with E-state index in [0.29, 0.717) is 37.4 Å². The zero-order chi connectivity index (χ0) is 21.7. The van der Waals surface area contributed by atoms with E-state index in [-0.39, 0.29) is 37.3 Å². The van der Waals surface area contributed by atoms with Crippen LogP contribution in [0.25, 0.3) is 0 Å². The number of imide groups is 1. The van der Waals surface area contributed by atoms with Crippen LogP contribution in [-0.2, 0) is 20.9 Å². The molecule has 4 N–H and O–H groups in total. The van der Waals surface area contributed by atoms with Crippen LogP contribution in [0.2, 0.25) is 0 Å². The lowest BCUT2D eigenvalue weighted by atomic mass is 10.0. The van der Waals surface area contributed by atoms with Gasteiger partial charge in [-0.15, -0.1) is 0 Å². The summed E-state index contributed by atoms with van der Waals surface area (Å²) in [4.78, 5) is 51.5. The Labute approximate surface area is 174 Å². The van der Waals surface area contributed by atoms with Crippen LogP contribution in [-0.4, -0.2) is 79.3 Å². The van der Waals surface area contributed by atoms with Crippen molar-refractivity contribution in [3.8, 4) is 5.75 Å². The summed E-state index contributed by atoms with van der Waals surface area (Å²) in [5, 5.41) is 5.06. The summed E-state index contributed by atoms with van der Waals surface area (Å²) in [6.45, 7) is 2.64. The molecule has 2 aliphatic rings. The molecule has 0 bridgehead atoms. The molecule has 0 saturated carbocycles. The minimum absolute atomic E-state index is 0.135. The third-order valence-corrected chi connectivity index (χ3v) is 5.19. The van der Waals surface area contributed by atoms with Crippen LogP contribution in [0.5, 0.6) is 5.75 Å². The summed E-state index contributed by atoms with van der Waals surface area (Å²) in [5.74, 6) is -0.775. The monoisotopic (exact) mass is 417 g/mol. The molecule has 1 aromatic rings. The first-order valence-electron chi connectivity index (χ1n) is 9.94. The lowest BCUT2D eigenvalue weighted by molar-refractivity contribution is -0.137. The van der Waals surface area contributed by atoms with Crippen molar-refractivity contribution >= 4 is 23.6 Å². The van der Waals surface area contributed by atoms with Gasteiger partial charge < -0.3 is 25.6 Å². The Morgan fingerprint density at radius 2 is 2.13 bits per heavy atom. The molecule has 0 aromatic heterocycles. The van der Waals surface area contributed by atoms with Gasteiger partial charge >= 0.3 is 0 Å². The molecular weight excluding hydrogens is 390 g/mol. The molecule has 162 valence electrons.